The van der Waals surface area contributed by atoms with Gasteiger partial charge in [-0.2, -0.15) is 13.2 Å². The van der Waals surface area contributed by atoms with Gasteiger partial charge in [0.1, 0.15) is 11.4 Å². The minimum absolute atomic E-state index is 0.0967. The number of ether oxygens (including phenoxy) is 1. The summed E-state index contributed by atoms with van der Waals surface area (Å²) in [5.74, 6) is 0.233. The van der Waals surface area contributed by atoms with Crippen LogP contribution in [0.1, 0.15) is 18.4 Å². The van der Waals surface area contributed by atoms with Gasteiger partial charge in [0.2, 0.25) is 12.8 Å². The topological polar surface area (TPSA) is 74.9 Å². The predicted octanol–water partition coefficient (Wildman–Crippen LogP) is 3.59. The fourth-order valence-corrected chi connectivity index (χ4v) is 4.02. The minimum atomic E-state index is -4.58. The first-order valence-electron chi connectivity index (χ1n) is 10.2. The maximum atomic E-state index is 13.1. The number of nitrogens with one attached hydrogen (secondary N) is 1. The highest BCUT2D eigenvalue weighted by Gasteiger charge is 2.32. The molecule has 0 aliphatic carbocycles. The molecule has 0 spiro atoms. The smallest absolute Gasteiger partial charge is 0.416 e. The largest absolute Gasteiger partial charge is 0.462 e. The van der Waals surface area contributed by atoms with E-state index in [4.69, 9.17) is 4.74 Å². The molecule has 1 saturated heterocycles. The maximum Gasteiger partial charge on any atom is 0.416 e. The van der Waals surface area contributed by atoms with E-state index in [0.29, 0.717) is 18.0 Å². The van der Waals surface area contributed by atoms with Crippen molar-refractivity contribution in [2.24, 2.45) is 0 Å². The number of aliphatic hydroxyl groups is 1. The first-order chi connectivity index (χ1) is 15.4. The first-order valence-corrected chi connectivity index (χ1v) is 10.2. The molecule has 4 rings (SSSR count). The lowest BCUT2D eigenvalue weighted by molar-refractivity contribution is -0.137. The van der Waals surface area contributed by atoms with Crippen molar-refractivity contribution in [1.29, 1.82) is 0 Å². The summed E-state index contributed by atoms with van der Waals surface area (Å²) in [5.41, 5.74) is 0.148. The molecule has 1 atom stereocenters. The summed E-state index contributed by atoms with van der Waals surface area (Å²) in [6.45, 7) is 1.10. The van der Waals surface area contributed by atoms with Gasteiger partial charge in [-0.05, 0) is 49.7 Å². The molecule has 172 valence electrons. The molecule has 32 heavy (non-hydrogen) atoms. The number of nitrogens with zero attached hydrogens (tertiary/aromatic N) is 4. The number of anilines is 1. The molecule has 1 fully saturated rings. The number of aliphatic hydroxyl groups excluding tert-OH is 1. The molecule has 0 saturated carbocycles. The van der Waals surface area contributed by atoms with Crippen LogP contribution in [0.4, 0.5) is 23.5 Å². The number of β-amino-alcohol motifs (C(OH)–C–C–N with tert-alkyl or cyclic N) is 1. The average Bonchev–Trinajstić information content (AvgIpc) is 3.25. The zero-order chi connectivity index (χ0) is 22.7. The number of piperidine rings is 1. The molecule has 0 amide bonds. The summed E-state index contributed by atoms with van der Waals surface area (Å²) in [4.78, 5) is 2.17. The van der Waals surface area contributed by atoms with Crippen LogP contribution in [0.5, 0.6) is 5.75 Å². The maximum absolute atomic E-state index is 13.1. The van der Waals surface area contributed by atoms with Gasteiger partial charge in [0.25, 0.3) is 0 Å². The van der Waals surface area contributed by atoms with Gasteiger partial charge in [0, 0.05) is 30.9 Å². The van der Waals surface area contributed by atoms with Crippen molar-refractivity contribution < 1.29 is 27.4 Å². The normalized spacial score (nSPS) is 17.6. The second kappa shape index (κ2) is 9.29. The van der Waals surface area contributed by atoms with Gasteiger partial charge in [-0.1, -0.05) is 0 Å². The molecule has 2 N–H and O–H groups in total. The number of hydrogen-bond acceptors (Lipinski definition) is 6. The quantitative estimate of drug-likeness (QED) is 0.533. The second-order valence-corrected chi connectivity index (χ2v) is 7.61. The van der Waals surface area contributed by atoms with Crippen molar-refractivity contribution in [3.05, 3.63) is 42.1 Å². The lowest BCUT2D eigenvalue weighted by atomic mass is 10.1. The van der Waals surface area contributed by atoms with Crippen molar-refractivity contribution in [2.45, 2.75) is 25.1 Å². The third kappa shape index (κ3) is 4.63. The number of benzene rings is 1. The lowest BCUT2D eigenvalue weighted by Gasteiger charge is -2.32. The highest BCUT2D eigenvalue weighted by atomic mass is 19.4. The van der Waals surface area contributed by atoms with Crippen molar-refractivity contribution in [1.82, 2.24) is 19.5 Å². The fourth-order valence-electron chi connectivity index (χ4n) is 4.02. The second-order valence-electron chi connectivity index (χ2n) is 7.61. The van der Waals surface area contributed by atoms with Crippen LogP contribution in [0.15, 0.2) is 36.5 Å². The molecule has 2 aromatic heterocycles. The summed E-state index contributed by atoms with van der Waals surface area (Å²) >= 11 is 0. The first kappa shape index (κ1) is 22.3. The number of alkyl halides is 4. The Morgan fingerprint density at radius 1 is 1.22 bits per heavy atom. The van der Waals surface area contributed by atoms with Crippen LogP contribution in [0, 0.1) is 0 Å². The van der Waals surface area contributed by atoms with E-state index in [1.807, 2.05) is 0 Å². The van der Waals surface area contributed by atoms with E-state index in [1.165, 1.54) is 6.07 Å². The van der Waals surface area contributed by atoms with Crippen LogP contribution >= 0.6 is 0 Å². The van der Waals surface area contributed by atoms with E-state index in [0.717, 1.165) is 38.1 Å². The molecular formula is C21H23F4N5O2. The zero-order valence-electron chi connectivity index (χ0n) is 17.1. The van der Waals surface area contributed by atoms with Crippen LogP contribution in [-0.2, 0) is 6.18 Å². The summed E-state index contributed by atoms with van der Waals surface area (Å²) in [6.07, 6.45) is -0.903. The predicted molar refractivity (Wildman–Crippen MR) is 110 cm³/mol. The number of hydrogen-bond donors (Lipinski definition) is 2. The van der Waals surface area contributed by atoms with Gasteiger partial charge in [-0.15, -0.1) is 10.2 Å². The highest BCUT2D eigenvalue weighted by Crippen LogP contribution is 2.38. The van der Waals surface area contributed by atoms with Crippen LogP contribution in [0.25, 0.3) is 16.8 Å². The SMILES string of the molecule is OCCN1CCC[C@@H](Nc2nnc(-c3ccc(C(F)(F)F)cc3OCF)c3cccn23)C1. The molecule has 11 heteroatoms. The molecular weight excluding hydrogens is 430 g/mol. The third-order valence-corrected chi connectivity index (χ3v) is 5.49. The fraction of sp³-hybridized carbons (Fsp3) is 0.429. The number of fused-ring (bicyclic) bond motifs is 1. The Morgan fingerprint density at radius 3 is 2.81 bits per heavy atom. The van der Waals surface area contributed by atoms with Crippen molar-refractivity contribution >= 4 is 11.5 Å². The van der Waals surface area contributed by atoms with Gasteiger partial charge in [0.15, 0.2) is 0 Å². The number of aromatic nitrogens is 3. The third-order valence-electron chi connectivity index (χ3n) is 5.49. The Bertz CT molecular complexity index is 1070. The van der Waals surface area contributed by atoms with E-state index >= 15 is 0 Å². The summed E-state index contributed by atoms with van der Waals surface area (Å²) < 4.78 is 58.8. The molecule has 3 heterocycles. The van der Waals surface area contributed by atoms with Crippen molar-refractivity contribution in [2.75, 3.05) is 38.4 Å². The number of halogens is 4. The van der Waals surface area contributed by atoms with Crippen LogP contribution in [0.2, 0.25) is 0 Å². The van der Waals surface area contributed by atoms with Gasteiger partial charge < -0.3 is 15.2 Å². The number of rotatable bonds is 7. The van der Waals surface area contributed by atoms with Crippen LogP contribution in [-0.4, -0.2) is 63.7 Å². The average molecular weight is 453 g/mol. The monoisotopic (exact) mass is 453 g/mol. The van der Waals surface area contributed by atoms with Gasteiger partial charge >= 0.3 is 6.18 Å². The molecule has 0 unspecified atom stereocenters. The van der Waals surface area contributed by atoms with E-state index in [9.17, 15) is 22.7 Å². The Morgan fingerprint density at radius 2 is 2.06 bits per heavy atom. The van der Waals surface area contributed by atoms with Gasteiger partial charge in [0.05, 0.1) is 17.7 Å². The molecule has 1 aliphatic heterocycles. The molecule has 0 radical (unpaired) electrons. The summed E-state index contributed by atoms with van der Waals surface area (Å²) in [5, 5.41) is 21.0. The molecule has 1 aromatic carbocycles. The minimum Gasteiger partial charge on any atom is -0.462 e. The van der Waals surface area contributed by atoms with Crippen molar-refractivity contribution in [3.63, 3.8) is 0 Å². The Hall–Kier alpha value is -2.92. The van der Waals surface area contributed by atoms with Gasteiger partial charge in [-0.3, -0.25) is 9.30 Å². The Kier molecular flexibility index (Phi) is 6.47. The Balaban J connectivity index is 1.67. The summed E-state index contributed by atoms with van der Waals surface area (Å²) in [7, 11) is 0. The van der Waals surface area contributed by atoms with Crippen LogP contribution in [0.3, 0.4) is 0 Å². The van der Waals surface area contributed by atoms with E-state index < -0.39 is 18.6 Å². The number of likely N-dealkylation sites (tertiary alicyclic amines) is 1. The van der Waals surface area contributed by atoms with Crippen molar-refractivity contribution in [3.8, 4) is 17.0 Å². The highest BCUT2D eigenvalue weighted by molar-refractivity contribution is 5.81. The molecule has 3 aromatic rings. The van der Waals surface area contributed by atoms with E-state index in [2.05, 4.69) is 20.4 Å². The zero-order valence-corrected chi connectivity index (χ0v) is 17.1. The standard InChI is InChI=1S/C21H23F4N5O2/c22-13-32-18-11-14(21(23,24)25)5-6-16(18)19-17-4-2-8-30(17)20(28-27-19)26-15-3-1-7-29(12-15)9-10-31/h2,4-6,8,11,15,31H,1,3,7,9-10,12-13H2,(H,26,28)/t15-/m1/s1. The Labute approximate surface area is 181 Å². The molecule has 0 bridgehead atoms. The van der Waals surface area contributed by atoms with E-state index in [-0.39, 0.29) is 29.7 Å². The van der Waals surface area contributed by atoms with Gasteiger partial charge in [-0.25, -0.2) is 4.39 Å². The molecule has 1 aliphatic rings. The van der Waals surface area contributed by atoms with Crippen LogP contribution < -0.4 is 10.1 Å². The van der Waals surface area contributed by atoms with E-state index in [1.54, 1.807) is 22.7 Å². The summed E-state index contributed by atoms with van der Waals surface area (Å²) in [6, 6.07) is 6.52. The lowest BCUT2D eigenvalue weighted by Crippen LogP contribution is -2.43. The molecule has 7 nitrogen and oxygen atoms in total.